The Hall–Kier alpha value is -4.10. The minimum Gasteiger partial charge on any atom is -0.493 e. The van der Waals surface area contributed by atoms with Crippen LogP contribution in [0.2, 0.25) is 5.02 Å². The van der Waals surface area contributed by atoms with E-state index in [1.165, 1.54) is 30.3 Å². The predicted octanol–water partition coefficient (Wildman–Crippen LogP) is 6.39. The highest BCUT2D eigenvalue weighted by atomic mass is 35.5. The number of carbonyl (C=O) groups excluding carboxylic acids is 1. The fraction of sp³-hybridized carbons (Fsp3) is 0.143. The van der Waals surface area contributed by atoms with E-state index >= 15 is 0 Å². The van der Waals surface area contributed by atoms with Gasteiger partial charge in [0, 0.05) is 35.7 Å². The topological polar surface area (TPSA) is 77.8 Å². The molecule has 1 amide bonds. The number of amides is 1. The van der Waals surface area contributed by atoms with Crippen LogP contribution in [0.25, 0.3) is 17.0 Å². The van der Waals surface area contributed by atoms with Crippen molar-refractivity contribution in [3.63, 3.8) is 0 Å². The molecule has 4 rings (SSSR count). The molecule has 0 fully saturated rings. The zero-order valence-electron chi connectivity index (χ0n) is 19.4. The summed E-state index contributed by atoms with van der Waals surface area (Å²) in [4.78, 5) is 23.6. The van der Waals surface area contributed by atoms with Crippen LogP contribution in [0.1, 0.15) is 17.5 Å². The van der Waals surface area contributed by atoms with Crippen LogP contribution >= 0.6 is 11.6 Å². The van der Waals surface area contributed by atoms with E-state index in [1.807, 2.05) is 43.3 Å². The predicted molar refractivity (Wildman–Crippen MR) is 138 cm³/mol. The van der Waals surface area contributed by atoms with Gasteiger partial charge in [0.25, 0.3) is 0 Å². The average molecular weight is 508 g/mol. The number of nitrogens with one attached hydrogen (secondary N) is 1. The zero-order chi connectivity index (χ0) is 25.5. The van der Waals surface area contributed by atoms with E-state index in [9.17, 15) is 14.0 Å². The standard InChI is InChI=1S/C28H23ClFNO5/c1-18-15-28(33)36-26-17-22(9-10-23(18)26)35-14-2-13-34-21-7-3-19(4-8-21)5-12-27(32)31-20-6-11-25(30)24(29)16-20/h3-12,15-17H,2,13-14H2,1H3,(H,31,32)/b12-5+. The summed E-state index contributed by atoms with van der Waals surface area (Å²) in [7, 11) is 0. The lowest BCUT2D eigenvalue weighted by Gasteiger charge is -2.09. The molecule has 1 aromatic heterocycles. The third-order valence-electron chi connectivity index (χ3n) is 5.24. The van der Waals surface area contributed by atoms with Crippen molar-refractivity contribution in [3.8, 4) is 11.5 Å². The highest BCUT2D eigenvalue weighted by Crippen LogP contribution is 2.22. The van der Waals surface area contributed by atoms with Gasteiger partial charge < -0.3 is 19.2 Å². The number of ether oxygens (including phenoxy) is 2. The van der Waals surface area contributed by atoms with Crippen LogP contribution in [0, 0.1) is 12.7 Å². The van der Waals surface area contributed by atoms with Crippen molar-refractivity contribution in [2.24, 2.45) is 0 Å². The van der Waals surface area contributed by atoms with E-state index in [4.69, 9.17) is 25.5 Å². The second-order valence-corrected chi connectivity index (χ2v) is 8.38. The summed E-state index contributed by atoms with van der Waals surface area (Å²) >= 11 is 5.72. The number of carbonyl (C=O) groups is 1. The number of halogens is 2. The monoisotopic (exact) mass is 507 g/mol. The first-order chi connectivity index (χ1) is 17.4. The first-order valence-corrected chi connectivity index (χ1v) is 11.6. The van der Waals surface area contributed by atoms with Gasteiger partial charge in [0.05, 0.1) is 18.2 Å². The quantitative estimate of drug-likeness (QED) is 0.161. The highest BCUT2D eigenvalue weighted by Gasteiger charge is 2.05. The Kier molecular flexibility index (Phi) is 8.02. The molecule has 36 heavy (non-hydrogen) atoms. The Labute approximate surface area is 211 Å². The van der Waals surface area contributed by atoms with Crippen molar-refractivity contribution in [2.75, 3.05) is 18.5 Å². The molecule has 0 atom stereocenters. The SMILES string of the molecule is Cc1cc(=O)oc2cc(OCCCOc3ccc(/C=C/C(=O)Nc4ccc(F)c(Cl)c4)cc3)ccc12. The molecule has 0 spiro atoms. The Morgan fingerprint density at radius 2 is 1.72 bits per heavy atom. The van der Waals surface area contributed by atoms with Gasteiger partial charge in [-0.2, -0.15) is 0 Å². The number of hydrogen-bond donors (Lipinski definition) is 1. The Morgan fingerprint density at radius 1 is 1.00 bits per heavy atom. The summed E-state index contributed by atoms with van der Waals surface area (Å²) in [6.07, 6.45) is 3.69. The molecule has 0 bridgehead atoms. The minimum absolute atomic E-state index is 0.0578. The first-order valence-electron chi connectivity index (χ1n) is 11.2. The first kappa shape index (κ1) is 25.0. The number of hydrogen-bond acceptors (Lipinski definition) is 5. The largest absolute Gasteiger partial charge is 0.493 e. The van der Waals surface area contributed by atoms with Gasteiger partial charge in [0.2, 0.25) is 5.91 Å². The third kappa shape index (κ3) is 6.73. The summed E-state index contributed by atoms with van der Waals surface area (Å²) in [5.41, 5.74) is 2.20. The van der Waals surface area contributed by atoms with Crippen LogP contribution in [-0.2, 0) is 4.79 Å². The fourth-order valence-corrected chi connectivity index (χ4v) is 3.62. The van der Waals surface area contributed by atoms with Gasteiger partial charge in [-0.3, -0.25) is 4.79 Å². The molecule has 0 aliphatic carbocycles. The van der Waals surface area contributed by atoms with Crippen LogP contribution in [0.15, 0.2) is 82.0 Å². The molecule has 0 aliphatic heterocycles. The van der Waals surface area contributed by atoms with E-state index in [2.05, 4.69) is 5.32 Å². The molecular weight excluding hydrogens is 485 g/mol. The molecule has 0 radical (unpaired) electrons. The summed E-state index contributed by atoms with van der Waals surface area (Å²) in [6, 6.07) is 18.2. The van der Waals surface area contributed by atoms with Crippen molar-refractivity contribution < 1.29 is 23.1 Å². The van der Waals surface area contributed by atoms with E-state index in [1.54, 1.807) is 12.1 Å². The van der Waals surface area contributed by atoms with Crippen molar-refractivity contribution in [1.82, 2.24) is 0 Å². The van der Waals surface area contributed by atoms with Gasteiger partial charge in [-0.1, -0.05) is 23.7 Å². The maximum absolute atomic E-state index is 13.2. The minimum atomic E-state index is -0.545. The molecule has 4 aromatic rings. The maximum atomic E-state index is 13.2. The average Bonchev–Trinajstić information content (AvgIpc) is 2.85. The third-order valence-corrected chi connectivity index (χ3v) is 5.53. The van der Waals surface area contributed by atoms with Crippen LogP contribution in [-0.4, -0.2) is 19.1 Å². The summed E-state index contributed by atoms with van der Waals surface area (Å²) in [5.74, 6) is 0.414. The maximum Gasteiger partial charge on any atom is 0.336 e. The van der Waals surface area contributed by atoms with Gasteiger partial charge in [-0.15, -0.1) is 0 Å². The molecule has 6 nitrogen and oxygen atoms in total. The van der Waals surface area contributed by atoms with Crippen LogP contribution in [0.4, 0.5) is 10.1 Å². The summed E-state index contributed by atoms with van der Waals surface area (Å²) < 4.78 is 29.9. The van der Waals surface area contributed by atoms with E-state index < -0.39 is 5.82 Å². The van der Waals surface area contributed by atoms with Crippen molar-refractivity contribution in [3.05, 3.63) is 105 Å². The van der Waals surface area contributed by atoms with E-state index in [0.29, 0.717) is 42.4 Å². The number of fused-ring (bicyclic) bond motifs is 1. The molecule has 0 unspecified atom stereocenters. The van der Waals surface area contributed by atoms with Crippen molar-refractivity contribution in [1.29, 1.82) is 0 Å². The smallest absolute Gasteiger partial charge is 0.336 e. The van der Waals surface area contributed by atoms with Gasteiger partial charge >= 0.3 is 5.63 Å². The van der Waals surface area contributed by atoms with Gasteiger partial charge in [-0.05, 0) is 66.6 Å². The molecule has 0 saturated heterocycles. The van der Waals surface area contributed by atoms with Gasteiger partial charge in [-0.25, -0.2) is 9.18 Å². The number of benzene rings is 3. The van der Waals surface area contributed by atoms with Gasteiger partial charge in [0.15, 0.2) is 0 Å². The fourth-order valence-electron chi connectivity index (χ4n) is 3.44. The molecule has 0 aliphatic rings. The number of aryl methyl sites for hydroxylation is 1. The van der Waals surface area contributed by atoms with Crippen LogP contribution in [0.5, 0.6) is 11.5 Å². The number of anilines is 1. The van der Waals surface area contributed by atoms with Crippen LogP contribution < -0.4 is 20.4 Å². The highest BCUT2D eigenvalue weighted by molar-refractivity contribution is 6.31. The Morgan fingerprint density at radius 3 is 2.47 bits per heavy atom. The second-order valence-electron chi connectivity index (χ2n) is 7.98. The second kappa shape index (κ2) is 11.6. The molecule has 184 valence electrons. The molecule has 1 N–H and O–H groups in total. The lowest BCUT2D eigenvalue weighted by molar-refractivity contribution is -0.111. The van der Waals surface area contributed by atoms with Crippen molar-refractivity contribution >= 4 is 40.2 Å². The van der Waals surface area contributed by atoms with Gasteiger partial charge in [0.1, 0.15) is 22.9 Å². The zero-order valence-corrected chi connectivity index (χ0v) is 20.2. The lowest BCUT2D eigenvalue weighted by atomic mass is 10.1. The van der Waals surface area contributed by atoms with Crippen LogP contribution in [0.3, 0.4) is 0 Å². The molecule has 3 aromatic carbocycles. The summed E-state index contributed by atoms with van der Waals surface area (Å²) in [5, 5.41) is 3.44. The molecular formula is C28H23ClFNO5. The van der Waals surface area contributed by atoms with Crippen molar-refractivity contribution in [2.45, 2.75) is 13.3 Å². The Bertz CT molecular complexity index is 1460. The molecule has 1 heterocycles. The van der Waals surface area contributed by atoms with E-state index in [-0.39, 0.29) is 16.6 Å². The lowest BCUT2D eigenvalue weighted by Crippen LogP contribution is -2.07. The normalized spacial score (nSPS) is 11.1. The van der Waals surface area contributed by atoms with E-state index in [0.717, 1.165) is 16.5 Å². The molecule has 8 heteroatoms. The Balaban J connectivity index is 1.20. The number of rotatable bonds is 9. The molecule has 0 saturated carbocycles. The summed E-state index contributed by atoms with van der Waals surface area (Å²) in [6.45, 7) is 2.76.